The highest BCUT2D eigenvalue weighted by atomic mass is 19.5. The maximum absolute atomic E-state index is 12.7. The minimum absolute atomic E-state index is 0.139. The third-order valence-corrected chi connectivity index (χ3v) is 5.38. The molecule has 0 aliphatic carbocycles. The highest BCUT2D eigenvalue weighted by molar-refractivity contribution is 6.50. The van der Waals surface area contributed by atoms with Gasteiger partial charge in [-0.05, 0) is 18.2 Å². The summed E-state index contributed by atoms with van der Waals surface area (Å²) in [5.41, 5.74) is -1.03. The van der Waals surface area contributed by atoms with E-state index in [0.29, 0.717) is 21.9 Å². The average Bonchev–Trinajstić information content (AvgIpc) is 3.24. The largest absolute Gasteiger partial charge is 0.673 e. The summed E-state index contributed by atoms with van der Waals surface area (Å²) >= 11 is 0. The van der Waals surface area contributed by atoms with E-state index in [2.05, 4.69) is 0 Å². The third-order valence-electron chi connectivity index (χ3n) is 5.38. The zero-order chi connectivity index (χ0) is 25.3. The Hall–Kier alpha value is -4.17. The Morgan fingerprint density at radius 1 is 0.794 bits per heavy atom. The highest BCUT2D eigenvalue weighted by Gasteiger charge is 2.24. The third kappa shape index (κ3) is 3.40. The number of hydrogen-bond donors (Lipinski definition) is 0. The molecular weight excluding hydrogens is 467 g/mol. The summed E-state index contributed by atoms with van der Waals surface area (Å²) in [5.74, 6) is 0. The van der Waals surface area contributed by atoms with Crippen LogP contribution in [0.2, 0.25) is 0 Å². The molecule has 10 nitrogen and oxygen atoms in total. The summed E-state index contributed by atoms with van der Waals surface area (Å²) in [6, 6.07) is 4.84. The molecule has 0 aliphatic heterocycles. The van der Waals surface area contributed by atoms with E-state index in [9.17, 15) is 36.4 Å². The first kappa shape index (κ1) is 23.0. The molecule has 15 heteroatoms. The van der Waals surface area contributed by atoms with E-state index >= 15 is 0 Å². The molecule has 4 heterocycles. The Kier molecular flexibility index (Phi) is 5.03. The molecule has 0 radical (unpaired) electrons. The molecule has 0 N–H and O–H groups in total. The molecular formula is C19H15BF4N4O6. The smallest absolute Gasteiger partial charge is 0.439 e. The van der Waals surface area contributed by atoms with E-state index in [1.165, 1.54) is 37.3 Å². The van der Waals surface area contributed by atoms with Gasteiger partial charge in [-0.25, -0.2) is 9.59 Å². The van der Waals surface area contributed by atoms with Gasteiger partial charge in [-0.15, -0.1) is 0 Å². The molecule has 0 fully saturated rings. The Labute approximate surface area is 184 Å². The van der Waals surface area contributed by atoms with Crippen molar-refractivity contribution in [1.29, 1.82) is 0 Å². The fourth-order valence-electron chi connectivity index (χ4n) is 3.75. The first-order valence-electron chi connectivity index (χ1n) is 9.57. The summed E-state index contributed by atoms with van der Waals surface area (Å²) in [4.78, 5) is 49.8. The van der Waals surface area contributed by atoms with Gasteiger partial charge in [-0.3, -0.25) is 13.9 Å². The Morgan fingerprint density at radius 3 is 2.00 bits per heavy atom. The van der Waals surface area contributed by atoms with Crippen molar-refractivity contribution in [1.82, 2.24) is 13.7 Å². The van der Waals surface area contributed by atoms with Gasteiger partial charge in [0, 0.05) is 24.9 Å². The molecule has 0 aliphatic rings. The number of nitrogens with zero attached hydrogens (tertiary/aromatic N) is 4. The van der Waals surface area contributed by atoms with Crippen molar-refractivity contribution < 1.29 is 30.7 Å². The molecule has 0 atom stereocenters. The van der Waals surface area contributed by atoms with Crippen LogP contribution in [0.5, 0.6) is 0 Å². The topological polar surface area (TPSA) is 113 Å². The van der Waals surface area contributed by atoms with Crippen molar-refractivity contribution in [2.45, 2.75) is 0 Å². The molecule has 0 saturated carbocycles. The zero-order valence-electron chi connectivity index (χ0n) is 18.1. The molecule has 34 heavy (non-hydrogen) atoms. The van der Waals surface area contributed by atoms with Crippen LogP contribution < -0.4 is 27.1 Å². The molecule has 0 saturated heterocycles. The summed E-state index contributed by atoms with van der Waals surface area (Å²) in [6.45, 7) is 0. The van der Waals surface area contributed by atoms with Crippen molar-refractivity contribution in [2.24, 2.45) is 28.2 Å². The Balaban J connectivity index is 0.000000499. The monoisotopic (exact) mass is 482 g/mol. The van der Waals surface area contributed by atoms with E-state index in [-0.39, 0.29) is 22.2 Å². The second kappa shape index (κ2) is 7.43. The predicted octanol–water partition coefficient (Wildman–Crippen LogP) is 1.07. The second-order valence-electron chi connectivity index (χ2n) is 7.50. The van der Waals surface area contributed by atoms with Crippen LogP contribution in [0.25, 0.3) is 44.1 Å². The molecule has 0 unspecified atom stereocenters. The molecule has 0 spiro atoms. The molecule has 5 rings (SSSR count). The van der Waals surface area contributed by atoms with Crippen LogP contribution in [0.4, 0.5) is 17.3 Å². The van der Waals surface area contributed by atoms with Gasteiger partial charge in [0.1, 0.15) is 16.6 Å². The van der Waals surface area contributed by atoms with Gasteiger partial charge >= 0.3 is 29.9 Å². The van der Waals surface area contributed by atoms with Crippen LogP contribution >= 0.6 is 0 Å². The molecule has 0 amide bonds. The van der Waals surface area contributed by atoms with E-state index in [0.717, 1.165) is 9.13 Å². The molecule has 5 aromatic rings. The molecule has 1 aromatic carbocycles. The predicted molar refractivity (Wildman–Crippen MR) is 114 cm³/mol. The Morgan fingerprint density at radius 2 is 1.38 bits per heavy atom. The van der Waals surface area contributed by atoms with E-state index in [1.807, 2.05) is 0 Å². The van der Waals surface area contributed by atoms with Crippen LogP contribution in [0, 0.1) is 0 Å². The lowest BCUT2D eigenvalue weighted by atomic mass is 10.2. The van der Waals surface area contributed by atoms with Gasteiger partial charge in [0.05, 0.1) is 14.1 Å². The van der Waals surface area contributed by atoms with Crippen molar-refractivity contribution in [2.75, 3.05) is 0 Å². The lowest BCUT2D eigenvalue weighted by molar-refractivity contribution is -0.671. The fourth-order valence-corrected chi connectivity index (χ4v) is 3.75. The van der Waals surface area contributed by atoms with Gasteiger partial charge in [-0.2, -0.15) is 13.9 Å². The van der Waals surface area contributed by atoms with Crippen molar-refractivity contribution in [3.05, 3.63) is 59.9 Å². The Bertz CT molecular complexity index is 1890. The number of furan rings is 2. The van der Waals surface area contributed by atoms with Crippen LogP contribution in [-0.2, 0) is 28.2 Å². The number of aryl methyl sites for hydroxylation is 2. The van der Waals surface area contributed by atoms with Crippen LogP contribution in [0.1, 0.15) is 0 Å². The van der Waals surface area contributed by atoms with Gasteiger partial charge in [0.2, 0.25) is 5.71 Å². The summed E-state index contributed by atoms with van der Waals surface area (Å²) in [7, 11) is -0.179. The fraction of sp³-hybridized carbons (Fsp3) is 0.211. The van der Waals surface area contributed by atoms with E-state index in [4.69, 9.17) is 8.83 Å². The number of halogens is 4. The standard InChI is InChI=1S/C19H15N4O6.BF4/c1-20-14(24)12-8-5-6-10-9(7-11(8)29-16(12)22(3)18(20)26)13-15(25)21(2)19(27)23(4)17(13)28-10;2-1(3,4)5/h5-7H,1-4H3;/q+1;-1. The van der Waals surface area contributed by atoms with Crippen molar-refractivity contribution in [3.63, 3.8) is 0 Å². The van der Waals surface area contributed by atoms with Crippen LogP contribution in [0.15, 0.2) is 46.2 Å². The first-order valence-corrected chi connectivity index (χ1v) is 9.57. The maximum atomic E-state index is 12.7. The lowest BCUT2D eigenvalue weighted by Crippen LogP contribution is -2.54. The van der Waals surface area contributed by atoms with E-state index < -0.39 is 29.8 Å². The van der Waals surface area contributed by atoms with Gasteiger partial charge in [-0.1, -0.05) is 0 Å². The quantitative estimate of drug-likeness (QED) is 0.186. The lowest BCUT2D eigenvalue weighted by Gasteiger charge is -2.01. The SMILES string of the molecule is Cn1c(=O)c2c3ccc4oc5c(c(=O)n(C)c(=O)[n+]5C)c4cc3oc2n(C)c1=O.F[B-](F)(F)F. The normalized spacial score (nSPS) is 12.0. The van der Waals surface area contributed by atoms with Crippen molar-refractivity contribution in [3.8, 4) is 0 Å². The first-order chi connectivity index (χ1) is 15.7. The molecule has 178 valence electrons. The van der Waals surface area contributed by atoms with Gasteiger partial charge in [0.15, 0.2) is 5.39 Å². The molecule has 4 aromatic heterocycles. The number of hydrogen-bond acceptors (Lipinski definition) is 6. The summed E-state index contributed by atoms with van der Waals surface area (Å²) < 4.78 is 55.1. The molecule has 0 bridgehead atoms. The number of fused-ring (bicyclic) bond motifs is 6. The minimum atomic E-state index is -6.00. The van der Waals surface area contributed by atoms with Crippen LogP contribution in [0.3, 0.4) is 0 Å². The average molecular weight is 482 g/mol. The van der Waals surface area contributed by atoms with Gasteiger partial charge < -0.3 is 26.1 Å². The summed E-state index contributed by atoms with van der Waals surface area (Å²) in [6.07, 6.45) is 0. The second-order valence-corrected chi connectivity index (χ2v) is 7.50. The number of aromatic nitrogens is 4. The maximum Gasteiger partial charge on any atom is 0.673 e. The van der Waals surface area contributed by atoms with Crippen molar-refractivity contribution >= 4 is 51.4 Å². The number of rotatable bonds is 0. The zero-order valence-corrected chi connectivity index (χ0v) is 18.1. The van der Waals surface area contributed by atoms with E-state index in [1.54, 1.807) is 18.2 Å². The summed E-state index contributed by atoms with van der Waals surface area (Å²) in [5, 5.41) is 1.40. The van der Waals surface area contributed by atoms with Crippen LogP contribution in [-0.4, -0.2) is 21.0 Å². The van der Waals surface area contributed by atoms with Gasteiger partial charge in [0.25, 0.3) is 5.56 Å². The highest BCUT2D eigenvalue weighted by Crippen LogP contribution is 2.30. The minimum Gasteiger partial charge on any atom is -0.439 e.